The zero-order chi connectivity index (χ0) is 19.6. The topological polar surface area (TPSA) is 53.1 Å². The summed E-state index contributed by atoms with van der Waals surface area (Å²) in [4.78, 5) is 32.0. The minimum absolute atomic E-state index is 0.0404. The Kier molecular flexibility index (Phi) is 5.75. The van der Waals surface area contributed by atoms with Crippen LogP contribution in [0.25, 0.3) is 0 Å². The van der Waals surface area contributed by atoms with Gasteiger partial charge in [-0.05, 0) is 43.4 Å². The molecular formula is C21H31N3O3. The second kappa shape index (κ2) is 7.89. The average molecular weight is 373 g/mol. The fourth-order valence-corrected chi connectivity index (χ4v) is 4.42. The molecule has 2 heterocycles. The Morgan fingerprint density at radius 3 is 2.48 bits per heavy atom. The summed E-state index contributed by atoms with van der Waals surface area (Å²) in [7, 11) is 1.62. The van der Waals surface area contributed by atoms with E-state index in [0.717, 1.165) is 30.9 Å². The van der Waals surface area contributed by atoms with Gasteiger partial charge in [-0.2, -0.15) is 0 Å². The van der Waals surface area contributed by atoms with Crippen LogP contribution < -0.4 is 4.74 Å². The Hall–Kier alpha value is -2.08. The van der Waals surface area contributed by atoms with Crippen molar-refractivity contribution in [1.29, 1.82) is 0 Å². The third kappa shape index (κ3) is 3.68. The SMILES string of the molecule is CCN1C(=O)N(Cc2cccc(OC)c2)C(=O)C12CCN(CC(C)C)CC2. The predicted octanol–water partition coefficient (Wildman–Crippen LogP) is 2.97. The number of benzene rings is 1. The number of amides is 3. The third-order valence-electron chi connectivity index (χ3n) is 5.72. The maximum Gasteiger partial charge on any atom is 0.327 e. The van der Waals surface area contributed by atoms with Gasteiger partial charge in [-0.15, -0.1) is 0 Å². The highest BCUT2D eigenvalue weighted by atomic mass is 16.5. The summed E-state index contributed by atoms with van der Waals surface area (Å²) in [5.41, 5.74) is 0.236. The summed E-state index contributed by atoms with van der Waals surface area (Å²) in [5, 5.41) is 0. The van der Waals surface area contributed by atoms with Gasteiger partial charge in [0.15, 0.2) is 0 Å². The molecule has 6 nitrogen and oxygen atoms in total. The van der Waals surface area contributed by atoms with Gasteiger partial charge >= 0.3 is 6.03 Å². The molecule has 2 aliphatic heterocycles. The molecule has 3 rings (SSSR count). The van der Waals surface area contributed by atoms with Gasteiger partial charge in [0.1, 0.15) is 11.3 Å². The lowest BCUT2D eigenvalue weighted by molar-refractivity contribution is -0.136. The van der Waals surface area contributed by atoms with Crippen molar-refractivity contribution < 1.29 is 14.3 Å². The molecule has 0 bridgehead atoms. The Bertz CT molecular complexity index is 696. The fraction of sp³-hybridized carbons (Fsp3) is 0.619. The smallest absolute Gasteiger partial charge is 0.327 e. The van der Waals surface area contributed by atoms with Gasteiger partial charge in [0.2, 0.25) is 0 Å². The Morgan fingerprint density at radius 1 is 1.19 bits per heavy atom. The van der Waals surface area contributed by atoms with Crippen molar-refractivity contribution >= 4 is 11.9 Å². The quantitative estimate of drug-likeness (QED) is 0.720. The molecule has 3 amide bonds. The van der Waals surface area contributed by atoms with Crippen LogP contribution in [0, 0.1) is 5.92 Å². The number of methoxy groups -OCH3 is 1. The van der Waals surface area contributed by atoms with Crippen LogP contribution in [0.2, 0.25) is 0 Å². The highest BCUT2D eigenvalue weighted by Gasteiger charge is 2.57. The van der Waals surface area contributed by atoms with Crippen LogP contribution in [0.5, 0.6) is 5.75 Å². The largest absolute Gasteiger partial charge is 0.497 e. The molecule has 0 radical (unpaired) electrons. The summed E-state index contributed by atoms with van der Waals surface area (Å²) < 4.78 is 5.26. The Labute approximate surface area is 162 Å². The van der Waals surface area contributed by atoms with Crippen molar-refractivity contribution in [2.75, 3.05) is 33.3 Å². The predicted molar refractivity (Wildman–Crippen MR) is 105 cm³/mol. The van der Waals surface area contributed by atoms with Crippen LogP contribution in [0.1, 0.15) is 39.2 Å². The number of urea groups is 1. The summed E-state index contributed by atoms with van der Waals surface area (Å²) in [6, 6.07) is 7.39. The monoisotopic (exact) mass is 373 g/mol. The van der Waals surface area contributed by atoms with E-state index in [1.54, 1.807) is 12.0 Å². The molecule has 0 saturated carbocycles. The lowest BCUT2D eigenvalue weighted by atomic mass is 9.85. The highest BCUT2D eigenvalue weighted by molar-refractivity contribution is 6.07. The number of hydrogen-bond acceptors (Lipinski definition) is 4. The molecule has 1 spiro atoms. The average Bonchev–Trinajstić information content (AvgIpc) is 2.84. The van der Waals surface area contributed by atoms with Gasteiger partial charge in [0, 0.05) is 26.2 Å². The van der Waals surface area contributed by atoms with Crippen molar-refractivity contribution in [2.45, 2.75) is 45.7 Å². The van der Waals surface area contributed by atoms with Gasteiger partial charge in [0.05, 0.1) is 13.7 Å². The lowest BCUT2D eigenvalue weighted by Gasteiger charge is -2.42. The number of carbonyl (C=O) groups excluding carboxylic acids is 2. The molecule has 0 unspecified atom stereocenters. The molecule has 27 heavy (non-hydrogen) atoms. The van der Waals surface area contributed by atoms with Crippen LogP contribution >= 0.6 is 0 Å². The van der Waals surface area contributed by atoms with E-state index in [1.165, 1.54) is 4.90 Å². The van der Waals surface area contributed by atoms with E-state index in [9.17, 15) is 9.59 Å². The van der Waals surface area contributed by atoms with Crippen LogP contribution in [-0.2, 0) is 11.3 Å². The molecule has 2 aliphatic rings. The number of nitrogens with zero attached hydrogens (tertiary/aromatic N) is 3. The number of piperidine rings is 1. The molecule has 2 saturated heterocycles. The van der Waals surface area contributed by atoms with Crippen molar-refractivity contribution in [2.24, 2.45) is 5.92 Å². The van der Waals surface area contributed by atoms with Crippen LogP contribution in [-0.4, -0.2) is 65.5 Å². The number of likely N-dealkylation sites (tertiary alicyclic amines) is 1. The van der Waals surface area contributed by atoms with Gasteiger partial charge in [-0.3, -0.25) is 9.69 Å². The van der Waals surface area contributed by atoms with Gasteiger partial charge in [0.25, 0.3) is 5.91 Å². The molecule has 0 aliphatic carbocycles. The van der Waals surface area contributed by atoms with Gasteiger partial charge in [-0.25, -0.2) is 4.79 Å². The van der Waals surface area contributed by atoms with Crippen molar-refractivity contribution in [1.82, 2.24) is 14.7 Å². The summed E-state index contributed by atoms with van der Waals surface area (Å²) in [5.74, 6) is 1.30. The zero-order valence-corrected chi connectivity index (χ0v) is 16.9. The van der Waals surface area contributed by atoms with E-state index in [2.05, 4.69) is 18.7 Å². The summed E-state index contributed by atoms with van der Waals surface area (Å²) in [6.07, 6.45) is 1.43. The van der Waals surface area contributed by atoms with E-state index >= 15 is 0 Å². The normalized spacial score (nSPS) is 20.2. The molecular weight excluding hydrogens is 342 g/mol. The maximum atomic E-state index is 13.4. The van der Waals surface area contributed by atoms with Crippen molar-refractivity contribution in [3.63, 3.8) is 0 Å². The third-order valence-corrected chi connectivity index (χ3v) is 5.72. The van der Waals surface area contributed by atoms with Crippen LogP contribution in [0.4, 0.5) is 4.79 Å². The molecule has 6 heteroatoms. The number of likely N-dealkylation sites (N-methyl/N-ethyl adjacent to an activating group) is 1. The van der Waals surface area contributed by atoms with Crippen LogP contribution in [0.15, 0.2) is 24.3 Å². The first-order valence-corrected chi connectivity index (χ1v) is 9.90. The van der Waals surface area contributed by atoms with Gasteiger partial charge < -0.3 is 14.5 Å². The second-order valence-electron chi connectivity index (χ2n) is 8.00. The van der Waals surface area contributed by atoms with E-state index in [-0.39, 0.29) is 11.9 Å². The van der Waals surface area contributed by atoms with Crippen molar-refractivity contribution in [3.8, 4) is 5.75 Å². The van der Waals surface area contributed by atoms with E-state index in [4.69, 9.17) is 4.74 Å². The minimum Gasteiger partial charge on any atom is -0.497 e. The number of imide groups is 1. The number of ether oxygens (including phenoxy) is 1. The van der Waals surface area contributed by atoms with Crippen molar-refractivity contribution in [3.05, 3.63) is 29.8 Å². The highest BCUT2D eigenvalue weighted by Crippen LogP contribution is 2.38. The first-order chi connectivity index (χ1) is 12.9. The maximum absolute atomic E-state index is 13.4. The molecule has 148 valence electrons. The minimum atomic E-state index is -0.668. The zero-order valence-electron chi connectivity index (χ0n) is 16.9. The Morgan fingerprint density at radius 2 is 1.89 bits per heavy atom. The Balaban J connectivity index is 1.79. The molecule has 0 atom stereocenters. The number of carbonyl (C=O) groups is 2. The van der Waals surface area contributed by atoms with E-state index < -0.39 is 5.54 Å². The number of rotatable bonds is 6. The first-order valence-electron chi connectivity index (χ1n) is 9.90. The lowest BCUT2D eigenvalue weighted by Crippen LogP contribution is -2.56. The molecule has 1 aromatic rings. The standard InChI is InChI=1S/C21H31N3O3/c1-5-24-20(26)23(15-17-7-6-8-18(13-17)27-4)19(25)21(24)9-11-22(12-10-21)14-16(2)3/h6-8,13,16H,5,9-12,14-15H2,1-4H3. The fourth-order valence-electron chi connectivity index (χ4n) is 4.42. The molecule has 0 aromatic heterocycles. The number of hydrogen-bond donors (Lipinski definition) is 0. The van der Waals surface area contributed by atoms with E-state index in [0.29, 0.717) is 31.8 Å². The van der Waals surface area contributed by atoms with Crippen LogP contribution in [0.3, 0.4) is 0 Å². The molecule has 0 N–H and O–H groups in total. The summed E-state index contributed by atoms with van der Waals surface area (Å²) in [6.45, 7) is 10.00. The second-order valence-corrected chi connectivity index (χ2v) is 8.00. The summed E-state index contributed by atoms with van der Waals surface area (Å²) >= 11 is 0. The van der Waals surface area contributed by atoms with E-state index in [1.807, 2.05) is 31.2 Å². The first kappa shape index (κ1) is 19.7. The molecule has 2 fully saturated rings. The van der Waals surface area contributed by atoms with Gasteiger partial charge in [-0.1, -0.05) is 26.0 Å². The molecule has 1 aromatic carbocycles.